The molecule has 0 saturated heterocycles. The van der Waals surface area contributed by atoms with E-state index in [1.807, 2.05) is 0 Å². The molecule has 0 radical (unpaired) electrons. The summed E-state index contributed by atoms with van der Waals surface area (Å²) >= 11 is 10.5. The Hall–Kier alpha value is -2.43. The molecule has 3 rings (SSSR count). The number of nitrogens with one attached hydrogen (secondary N) is 1. The number of rotatable bonds is 8. The molecule has 3 aromatic rings. The molecule has 0 aliphatic carbocycles. The second kappa shape index (κ2) is 9.86. The monoisotopic (exact) mass is 498 g/mol. The number of esters is 1. The average molecular weight is 500 g/mol. The Morgan fingerprint density at radius 1 is 1.34 bits per heavy atom. The highest BCUT2D eigenvalue weighted by Crippen LogP contribution is 2.28. The number of halogens is 2. The summed E-state index contributed by atoms with van der Waals surface area (Å²) in [5, 5.41) is 9.52. The number of amides is 1. The van der Waals surface area contributed by atoms with E-state index in [1.54, 1.807) is 42.8 Å². The smallest absolute Gasteiger partial charge is 0.311 e. The topological polar surface area (TPSA) is 95.3 Å². The molecule has 0 aliphatic rings. The van der Waals surface area contributed by atoms with Gasteiger partial charge in [-0.05, 0) is 47.1 Å². The highest BCUT2D eigenvalue weighted by Gasteiger charge is 2.14. The largest absolute Gasteiger partial charge is 0.470 e. The molecule has 1 aromatic carbocycles. The standard InChI is InChI=1S/C18H16BrClN4O4S/c1-2-27-16(25)8-12-9-29-18(21-12)22-17(26)14-5-6-24(23-14)10-28-15-4-3-11(20)7-13(15)19/h3-7,9H,2,8,10H2,1H3,(H,21,22,26). The Morgan fingerprint density at radius 2 is 2.17 bits per heavy atom. The van der Waals surface area contributed by atoms with Crippen molar-refractivity contribution in [3.05, 3.63) is 56.7 Å². The molecule has 0 bridgehead atoms. The SMILES string of the molecule is CCOC(=O)Cc1csc(NC(=O)c2ccn(COc3ccc(Cl)cc3Br)n2)n1. The highest BCUT2D eigenvalue weighted by atomic mass is 79.9. The minimum atomic E-state index is -0.409. The van der Waals surface area contributed by atoms with Crippen LogP contribution in [0.25, 0.3) is 0 Å². The van der Waals surface area contributed by atoms with Crippen LogP contribution >= 0.6 is 38.9 Å². The minimum absolute atomic E-state index is 0.0619. The number of carbonyl (C=O) groups is 2. The normalized spacial score (nSPS) is 10.6. The van der Waals surface area contributed by atoms with Gasteiger partial charge in [0.1, 0.15) is 5.75 Å². The molecule has 152 valence electrons. The summed E-state index contributed by atoms with van der Waals surface area (Å²) in [6.45, 7) is 2.17. The van der Waals surface area contributed by atoms with Gasteiger partial charge < -0.3 is 9.47 Å². The van der Waals surface area contributed by atoms with Gasteiger partial charge in [-0.2, -0.15) is 5.10 Å². The van der Waals surface area contributed by atoms with Gasteiger partial charge >= 0.3 is 5.97 Å². The van der Waals surface area contributed by atoms with Crippen molar-refractivity contribution in [2.24, 2.45) is 0 Å². The molecule has 0 atom stereocenters. The number of benzene rings is 1. The lowest BCUT2D eigenvalue weighted by atomic mass is 10.3. The summed E-state index contributed by atoms with van der Waals surface area (Å²) in [5.74, 6) is -0.164. The van der Waals surface area contributed by atoms with Crippen LogP contribution in [0.2, 0.25) is 5.02 Å². The Balaban J connectivity index is 1.55. The summed E-state index contributed by atoms with van der Waals surface area (Å²) in [7, 11) is 0. The van der Waals surface area contributed by atoms with Gasteiger partial charge in [0.2, 0.25) is 0 Å². The number of nitrogens with zero attached hydrogens (tertiary/aromatic N) is 3. The molecule has 0 unspecified atom stereocenters. The fourth-order valence-electron chi connectivity index (χ4n) is 2.25. The van der Waals surface area contributed by atoms with E-state index in [1.165, 1.54) is 16.0 Å². The number of ether oxygens (including phenoxy) is 2. The van der Waals surface area contributed by atoms with E-state index in [0.717, 1.165) is 4.47 Å². The predicted octanol–water partition coefficient (Wildman–Crippen LogP) is 4.15. The van der Waals surface area contributed by atoms with Gasteiger partial charge in [-0.15, -0.1) is 11.3 Å². The third-order valence-corrected chi connectivity index (χ3v) is 5.18. The number of thiazole rings is 1. The van der Waals surface area contributed by atoms with Gasteiger partial charge in [-0.3, -0.25) is 14.9 Å². The molecule has 0 aliphatic heterocycles. The van der Waals surface area contributed by atoms with E-state index in [2.05, 4.69) is 31.3 Å². The van der Waals surface area contributed by atoms with E-state index < -0.39 is 5.91 Å². The first-order chi connectivity index (χ1) is 13.9. The first-order valence-electron chi connectivity index (χ1n) is 8.47. The van der Waals surface area contributed by atoms with Gasteiger partial charge in [0.25, 0.3) is 5.91 Å². The average Bonchev–Trinajstić information content (AvgIpc) is 3.31. The summed E-state index contributed by atoms with van der Waals surface area (Å²) < 4.78 is 12.7. The van der Waals surface area contributed by atoms with Gasteiger partial charge in [0.05, 0.1) is 23.2 Å². The maximum absolute atomic E-state index is 12.4. The van der Waals surface area contributed by atoms with E-state index in [-0.39, 0.29) is 24.8 Å². The van der Waals surface area contributed by atoms with E-state index in [9.17, 15) is 9.59 Å². The summed E-state index contributed by atoms with van der Waals surface area (Å²) in [5.41, 5.74) is 0.752. The first-order valence-corrected chi connectivity index (χ1v) is 10.5. The van der Waals surface area contributed by atoms with Crippen LogP contribution in [-0.4, -0.2) is 33.2 Å². The van der Waals surface area contributed by atoms with Crippen molar-refractivity contribution in [2.75, 3.05) is 11.9 Å². The van der Waals surface area contributed by atoms with Gasteiger partial charge in [0.15, 0.2) is 17.6 Å². The highest BCUT2D eigenvalue weighted by molar-refractivity contribution is 9.10. The predicted molar refractivity (Wildman–Crippen MR) is 112 cm³/mol. The van der Waals surface area contributed by atoms with Crippen LogP contribution in [0.1, 0.15) is 23.1 Å². The Morgan fingerprint density at radius 3 is 2.93 bits per heavy atom. The fraction of sp³-hybridized carbons (Fsp3) is 0.222. The third-order valence-electron chi connectivity index (χ3n) is 3.52. The molecule has 8 nitrogen and oxygen atoms in total. The van der Waals surface area contributed by atoms with Crippen LogP contribution < -0.4 is 10.1 Å². The summed E-state index contributed by atoms with van der Waals surface area (Å²) in [6.07, 6.45) is 1.69. The Kier molecular flexibility index (Phi) is 7.24. The first kappa shape index (κ1) is 21.3. The number of carbonyl (C=O) groups excluding carboxylic acids is 2. The zero-order valence-electron chi connectivity index (χ0n) is 15.2. The zero-order valence-corrected chi connectivity index (χ0v) is 18.4. The second-order valence-corrected chi connectivity index (χ2v) is 7.82. The molecule has 0 spiro atoms. The van der Waals surface area contributed by atoms with Crippen LogP contribution in [0.3, 0.4) is 0 Å². The van der Waals surface area contributed by atoms with Crippen molar-refractivity contribution in [3.63, 3.8) is 0 Å². The lowest BCUT2D eigenvalue weighted by molar-refractivity contribution is -0.142. The molecule has 1 N–H and O–H groups in total. The lowest BCUT2D eigenvalue weighted by Crippen LogP contribution is -2.14. The van der Waals surface area contributed by atoms with E-state index in [0.29, 0.717) is 28.2 Å². The van der Waals surface area contributed by atoms with Crippen LogP contribution in [0.4, 0.5) is 5.13 Å². The number of anilines is 1. The van der Waals surface area contributed by atoms with Crippen molar-refractivity contribution in [2.45, 2.75) is 20.1 Å². The number of hydrogen-bond acceptors (Lipinski definition) is 7. The van der Waals surface area contributed by atoms with Crippen LogP contribution in [-0.2, 0) is 22.7 Å². The molecular weight excluding hydrogens is 484 g/mol. The van der Waals surface area contributed by atoms with Crippen LogP contribution in [0, 0.1) is 0 Å². The fourth-order valence-corrected chi connectivity index (χ4v) is 3.75. The Labute approximate surface area is 183 Å². The van der Waals surface area contributed by atoms with Crippen molar-refractivity contribution in [3.8, 4) is 5.75 Å². The molecule has 11 heteroatoms. The summed E-state index contributed by atoms with van der Waals surface area (Å²) in [6, 6.07) is 6.75. The number of aromatic nitrogens is 3. The zero-order chi connectivity index (χ0) is 20.8. The molecule has 29 heavy (non-hydrogen) atoms. The molecule has 0 fully saturated rings. The van der Waals surface area contributed by atoms with Gasteiger partial charge in [-0.1, -0.05) is 11.6 Å². The van der Waals surface area contributed by atoms with E-state index >= 15 is 0 Å². The molecule has 1 amide bonds. The lowest BCUT2D eigenvalue weighted by Gasteiger charge is -2.08. The maximum atomic E-state index is 12.4. The molecule has 0 saturated carbocycles. The van der Waals surface area contributed by atoms with Gasteiger partial charge in [0, 0.05) is 16.6 Å². The molecular formula is C18H16BrClN4O4S. The van der Waals surface area contributed by atoms with E-state index in [4.69, 9.17) is 21.1 Å². The Bertz CT molecular complexity index is 1020. The molecule has 2 aromatic heterocycles. The van der Waals surface area contributed by atoms with Gasteiger partial charge in [-0.25, -0.2) is 9.67 Å². The van der Waals surface area contributed by atoms with Crippen molar-refractivity contribution < 1.29 is 19.1 Å². The van der Waals surface area contributed by atoms with Crippen LogP contribution in [0.5, 0.6) is 5.75 Å². The quantitative estimate of drug-likeness (QED) is 0.468. The number of hydrogen-bond donors (Lipinski definition) is 1. The van der Waals surface area contributed by atoms with Crippen molar-refractivity contribution in [1.29, 1.82) is 0 Å². The summed E-state index contributed by atoms with van der Waals surface area (Å²) in [4.78, 5) is 28.1. The molecule has 2 heterocycles. The second-order valence-electron chi connectivity index (χ2n) is 5.67. The third kappa shape index (κ3) is 6.02. The van der Waals surface area contributed by atoms with Crippen molar-refractivity contribution >= 4 is 55.9 Å². The van der Waals surface area contributed by atoms with Crippen molar-refractivity contribution in [1.82, 2.24) is 14.8 Å². The van der Waals surface area contributed by atoms with Crippen LogP contribution in [0.15, 0.2) is 40.3 Å². The maximum Gasteiger partial charge on any atom is 0.311 e. The minimum Gasteiger partial charge on any atom is -0.470 e.